The zero-order valence-corrected chi connectivity index (χ0v) is 3.97. The molecule has 0 bridgehead atoms. The summed E-state index contributed by atoms with van der Waals surface area (Å²) in [4.78, 5) is 0. The predicted molar refractivity (Wildman–Crippen MR) is 23.1 cm³/mol. The van der Waals surface area contributed by atoms with Gasteiger partial charge in [-0.3, -0.25) is 0 Å². The summed E-state index contributed by atoms with van der Waals surface area (Å²) in [5.74, 6) is 0. The van der Waals surface area contributed by atoms with Crippen LogP contribution in [-0.2, 0) is 0 Å². The second-order valence-corrected chi connectivity index (χ2v) is 1.75. The molecule has 1 atom stereocenters. The van der Waals surface area contributed by atoms with E-state index in [1.165, 1.54) is 0 Å². The van der Waals surface area contributed by atoms with Crippen molar-refractivity contribution in [1.82, 2.24) is 5.12 Å². The molecule has 42 valence electrons. The summed E-state index contributed by atoms with van der Waals surface area (Å²) in [6, 6.07) is 0. The SMILES string of the molecule is OC1CCCN1F. The van der Waals surface area contributed by atoms with E-state index in [0.29, 0.717) is 18.1 Å². The minimum Gasteiger partial charge on any atom is -0.376 e. The lowest BCUT2D eigenvalue weighted by molar-refractivity contribution is -0.0910. The van der Waals surface area contributed by atoms with Gasteiger partial charge in [-0.2, -0.15) is 0 Å². The van der Waals surface area contributed by atoms with Crippen molar-refractivity contribution in [3.63, 3.8) is 0 Å². The highest BCUT2D eigenvalue weighted by Crippen LogP contribution is 2.13. The first kappa shape index (κ1) is 5.00. The van der Waals surface area contributed by atoms with Crippen molar-refractivity contribution in [2.45, 2.75) is 19.1 Å². The molecule has 0 aromatic heterocycles. The molecule has 1 aliphatic rings. The second kappa shape index (κ2) is 1.76. The topological polar surface area (TPSA) is 23.5 Å². The Morgan fingerprint density at radius 2 is 2.43 bits per heavy atom. The van der Waals surface area contributed by atoms with Crippen molar-refractivity contribution in [3.05, 3.63) is 0 Å². The molecule has 1 rings (SSSR count). The lowest BCUT2D eigenvalue weighted by atomic mass is 10.4. The van der Waals surface area contributed by atoms with Gasteiger partial charge in [0.25, 0.3) is 0 Å². The third kappa shape index (κ3) is 0.894. The first-order valence-electron chi connectivity index (χ1n) is 2.41. The van der Waals surface area contributed by atoms with Crippen LogP contribution in [0.3, 0.4) is 0 Å². The smallest absolute Gasteiger partial charge is 0.134 e. The Bertz CT molecular complexity index is 60.7. The van der Waals surface area contributed by atoms with E-state index in [1.54, 1.807) is 0 Å². The summed E-state index contributed by atoms with van der Waals surface area (Å²) in [5, 5.41) is 9.01. The van der Waals surface area contributed by atoms with Crippen LogP contribution in [0.2, 0.25) is 0 Å². The molecule has 1 unspecified atom stereocenters. The van der Waals surface area contributed by atoms with Gasteiger partial charge in [-0.25, -0.2) is 0 Å². The Balaban J connectivity index is 2.33. The van der Waals surface area contributed by atoms with Gasteiger partial charge < -0.3 is 5.11 Å². The molecule has 0 saturated carbocycles. The number of nitrogens with zero attached hydrogens (tertiary/aromatic N) is 1. The molecule has 1 fully saturated rings. The van der Waals surface area contributed by atoms with Gasteiger partial charge >= 0.3 is 0 Å². The van der Waals surface area contributed by atoms with Crippen molar-refractivity contribution < 1.29 is 9.59 Å². The zero-order valence-electron chi connectivity index (χ0n) is 3.97. The number of hydrogen-bond acceptors (Lipinski definition) is 2. The number of rotatable bonds is 0. The molecule has 0 aromatic carbocycles. The Labute approximate surface area is 41.5 Å². The van der Waals surface area contributed by atoms with E-state index in [0.717, 1.165) is 6.42 Å². The van der Waals surface area contributed by atoms with Gasteiger partial charge in [0, 0.05) is 6.54 Å². The standard InChI is InChI=1S/C4H8FNO/c5-6-3-1-2-4(6)7/h4,7H,1-3H2. The maximum Gasteiger partial charge on any atom is 0.134 e. The quantitative estimate of drug-likeness (QED) is 0.447. The molecule has 3 heteroatoms. The monoisotopic (exact) mass is 105 g/mol. The fraction of sp³-hybridized carbons (Fsp3) is 1.00. The van der Waals surface area contributed by atoms with Crippen molar-refractivity contribution in [1.29, 1.82) is 0 Å². The lowest BCUT2D eigenvalue weighted by Crippen LogP contribution is -2.19. The van der Waals surface area contributed by atoms with Crippen LogP contribution in [0.25, 0.3) is 0 Å². The third-order valence-corrected chi connectivity index (χ3v) is 1.16. The van der Waals surface area contributed by atoms with Crippen molar-refractivity contribution in [2.24, 2.45) is 0 Å². The highest BCUT2D eigenvalue weighted by molar-refractivity contribution is 4.60. The molecule has 0 spiro atoms. The van der Waals surface area contributed by atoms with Crippen LogP contribution in [0.5, 0.6) is 0 Å². The average Bonchev–Trinajstić information content (AvgIpc) is 1.91. The summed E-state index contributed by atoms with van der Waals surface area (Å²) < 4.78 is 11.9. The van der Waals surface area contributed by atoms with E-state index in [1.807, 2.05) is 0 Å². The molecule has 1 saturated heterocycles. The number of halogens is 1. The largest absolute Gasteiger partial charge is 0.376 e. The fourth-order valence-corrected chi connectivity index (χ4v) is 0.714. The summed E-state index contributed by atoms with van der Waals surface area (Å²) in [7, 11) is 0. The van der Waals surface area contributed by atoms with Gasteiger partial charge in [-0.15, -0.1) is 9.60 Å². The van der Waals surface area contributed by atoms with Gasteiger partial charge in [0.05, 0.1) is 0 Å². The summed E-state index contributed by atoms with van der Waals surface area (Å²) in [6.45, 7) is 0.390. The van der Waals surface area contributed by atoms with E-state index < -0.39 is 6.23 Å². The summed E-state index contributed by atoms with van der Waals surface area (Å²) in [5.41, 5.74) is 0. The molecule has 1 heterocycles. The number of aliphatic hydroxyl groups excluding tert-OH is 1. The fourth-order valence-electron chi connectivity index (χ4n) is 0.714. The molecule has 0 aromatic rings. The minimum absolute atomic E-state index is 0.390. The van der Waals surface area contributed by atoms with E-state index in [2.05, 4.69) is 0 Å². The second-order valence-electron chi connectivity index (χ2n) is 1.75. The van der Waals surface area contributed by atoms with Crippen LogP contribution in [-0.4, -0.2) is 23.0 Å². The molecule has 2 nitrogen and oxygen atoms in total. The Morgan fingerprint density at radius 3 is 2.57 bits per heavy atom. The molecular formula is C4H8FNO. The molecule has 7 heavy (non-hydrogen) atoms. The average molecular weight is 105 g/mol. The highest BCUT2D eigenvalue weighted by Gasteiger charge is 2.20. The molecule has 0 radical (unpaired) electrons. The van der Waals surface area contributed by atoms with Crippen LogP contribution in [0, 0.1) is 0 Å². The molecule has 1 N–H and O–H groups in total. The summed E-state index contributed by atoms with van der Waals surface area (Å²) >= 11 is 0. The maximum atomic E-state index is 11.9. The van der Waals surface area contributed by atoms with Crippen molar-refractivity contribution >= 4 is 0 Å². The van der Waals surface area contributed by atoms with Gasteiger partial charge in [0.2, 0.25) is 0 Å². The Hall–Kier alpha value is -0.150. The normalized spacial score (nSPS) is 34.3. The van der Waals surface area contributed by atoms with Gasteiger partial charge in [-0.05, 0) is 12.8 Å². The van der Waals surface area contributed by atoms with E-state index in [4.69, 9.17) is 5.11 Å². The van der Waals surface area contributed by atoms with Crippen molar-refractivity contribution in [3.8, 4) is 0 Å². The number of aliphatic hydroxyl groups is 1. The first-order chi connectivity index (χ1) is 3.30. The first-order valence-corrected chi connectivity index (χ1v) is 2.41. The molecular weight excluding hydrogens is 97.0 g/mol. The Kier molecular flexibility index (Phi) is 1.25. The zero-order chi connectivity index (χ0) is 5.28. The van der Waals surface area contributed by atoms with Crippen LogP contribution < -0.4 is 0 Å². The van der Waals surface area contributed by atoms with Crippen molar-refractivity contribution in [2.75, 3.05) is 6.54 Å². The van der Waals surface area contributed by atoms with Gasteiger partial charge in [0.15, 0.2) is 0 Å². The van der Waals surface area contributed by atoms with Gasteiger partial charge in [0.1, 0.15) is 6.23 Å². The van der Waals surface area contributed by atoms with Gasteiger partial charge in [-0.1, -0.05) is 0 Å². The summed E-state index contributed by atoms with van der Waals surface area (Å²) in [6.07, 6.45) is 0.536. The van der Waals surface area contributed by atoms with Crippen LogP contribution in [0.15, 0.2) is 0 Å². The van der Waals surface area contributed by atoms with E-state index >= 15 is 0 Å². The lowest BCUT2D eigenvalue weighted by Gasteiger charge is -2.04. The van der Waals surface area contributed by atoms with E-state index in [-0.39, 0.29) is 0 Å². The maximum absolute atomic E-state index is 11.9. The molecule has 0 amide bonds. The number of hydrogen-bond donors (Lipinski definition) is 1. The van der Waals surface area contributed by atoms with Crippen LogP contribution >= 0.6 is 0 Å². The minimum atomic E-state index is -0.819. The van der Waals surface area contributed by atoms with Crippen LogP contribution in [0.4, 0.5) is 4.48 Å². The third-order valence-electron chi connectivity index (χ3n) is 1.16. The molecule has 1 aliphatic heterocycles. The molecule has 0 aliphatic carbocycles. The Morgan fingerprint density at radius 1 is 1.71 bits per heavy atom. The highest BCUT2D eigenvalue weighted by atomic mass is 19.2. The predicted octanol–water partition coefficient (Wildman–Crippen LogP) is 0.285. The van der Waals surface area contributed by atoms with Crippen LogP contribution in [0.1, 0.15) is 12.8 Å². The van der Waals surface area contributed by atoms with E-state index in [9.17, 15) is 4.48 Å².